The first-order valence-electron chi connectivity index (χ1n) is 9.67. The second-order valence-corrected chi connectivity index (χ2v) is 6.79. The summed E-state index contributed by atoms with van der Waals surface area (Å²) in [6, 6.07) is 12.3. The predicted molar refractivity (Wildman–Crippen MR) is 111 cm³/mol. The van der Waals surface area contributed by atoms with Gasteiger partial charge in [-0.3, -0.25) is 9.59 Å². The minimum Gasteiger partial charge on any atom is -0.454 e. The van der Waals surface area contributed by atoms with Crippen molar-refractivity contribution in [1.82, 2.24) is 5.43 Å². The van der Waals surface area contributed by atoms with E-state index >= 15 is 0 Å². The van der Waals surface area contributed by atoms with Crippen molar-refractivity contribution in [2.24, 2.45) is 11.0 Å². The first-order chi connectivity index (χ1) is 14.0. The molecule has 0 radical (unpaired) electrons. The summed E-state index contributed by atoms with van der Waals surface area (Å²) in [5, 5.41) is 7.10. The molecule has 3 rings (SSSR count). The molecule has 0 aromatic heterocycles. The van der Waals surface area contributed by atoms with E-state index in [1.807, 2.05) is 38.1 Å². The van der Waals surface area contributed by atoms with Gasteiger partial charge in [-0.05, 0) is 55.7 Å². The molecule has 2 aromatic carbocycles. The molecule has 2 N–H and O–H groups in total. The molecule has 2 aromatic rings. The maximum Gasteiger partial charge on any atom is 0.271 e. The highest BCUT2D eigenvalue weighted by atomic mass is 16.7. The van der Waals surface area contributed by atoms with Gasteiger partial charge >= 0.3 is 0 Å². The molecule has 1 aliphatic rings. The van der Waals surface area contributed by atoms with Crippen LogP contribution in [0.5, 0.6) is 11.5 Å². The molecule has 0 bridgehead atoms. The Morgan fingerprint density at radius 3 is 2.34 bits per heavy atom. The van der Waals surface area contributed by atoms with E-state index in [2.05, 4.69) is 15.8 Å². The Bertz CT molecular complexity index is 918. The topological polar surface area (TPSA) is 89.0 Å². The zero-order valence-electron chi connectivity index (χ0n) is 16.8. The van der Waals surface area contributed by atoms with Crippen LogP contribution < -0.4 is 20.2 Å². The Morgan fingerprint density at radius 2 is 1.66 bits per heavy atom. The maximum absolute atomic E-state index is 12.3. The Hall–Kier alpha value is -3.35. The molecule has 29 heavy (non-hydrogen) atoms. The smallest absolute Gasteiger partial charge is 0.271 e. The summed E-state index contributed by atoms with van der Waals surface area (Å²) in [6.07, 6.45) is 1.63. The predicted octanol–water partition coefficient (Wildman–Crippen LogP) is 3.94. The van der Waals surface area contributed by atoms with Gasteiger partial charge in [-0.1, -0.05) is 26.0 Å². The molecule has 7 nitrogen and oxygen atoms in total. The highest BCUT2D eigenvalue weighted by molar-refractivity contribution is 6.01. The molecule has 0 saturated heterocycles. The van der Waals surface area contributed by atoms with Crippen molar-refractivity contribution in [3.8, 4) is 11.5 Å². The van der Waals surface area contributed by atoms with Gasteiger partial charge in [0.25, 0.3) is 5.91 Å². The molecule has 0 fully saturated rings. The third-order valence-corrected chi connectivity index (χ3v) is 4.89. The van der Waals surface area contributed by atoms with Crippen LogP contribution in [0.2, 0.25) is 0 Å². The number of ether oxygens (including phenoxy) is 2. The van der Waals surface area contributed by atoms with E-state index in [4.69, 9.17) is 9.47 Å². The standard InChI is InChI=1S/C22H25N3O4/c1-4-15(5-2)21(26)23-18-9-6-16(7-10-18)14(3)24-25-22(27)17-8-11-19-20(12-17)29-13-28-19/h6-12,15H,4-5,13H2,1-3H3,(H,23,26)(H,25,27)/b24-14+. The molecule has 7 heteroatoms. The van der Waals surface area contributed by atoms with Gasteiger partial charge in [0.1, 0.15) is 0 Å². The number of hydrazone groups is 1. The van der Waals surface area contributed by atoms with Crippen molar-refractivity contribution in [3.63, 3.8) is 0 Å². The van der Waals surface area contributed by atoms with E-state index in [1.54, 1.807) is 25.1 Å². The third-order valence-electron chi connectivity index (χ3n) is 4.89. The van der Waals surface area contributed by atoms with E-state index in [0.717, 1.165) is 24.1 Å². The molecule has 0 aliphatic carbocycles. The minimum atomic E-state index is -0.336. The van der Waals surface area contributed by atoms with Crippen molar-refractivity contribution < 1.29 is 19.1 Å². The first-order valence-corrected chi connectivity index (χ1v) is 9.67. The molecule has 0 unspecified atom stereocenters. The van der Waals surface area contributed by atoms with E-state index in [1.165, 1.54) is 0 Å². The highest BCUT2D eigenvalue weighted by Crippen LogP contribution is 2.32. The van der Waals surface area contributed by atoms with E-state index in [-0.39, 0.29) is 24.5 Å². The summed E-state index contributed by atoms with van der Waals surface area (Å²) in [5.74, 6) is 0.882. The van der Waals surface area contributed by atoms with Crippen LogP contribution in [0.3, 0.4) is 0 Å². The van der Waals surface area contributed by atoms with Crippen molar-refractivity contribution in [2.75, 3.05) is 12.1 Å². The van der Waals surface area contributed by atoms with Crippen LogP contribution >= 0.6 is 0 Å². The molecule has 1 aliphatic heterocycles. The van der Waals surface area contributed by atoms with E-state index in [9.17, 15) is 9.59 Å². The number of benzene rings is 2. The van der Waals surface area contributed by atoms with Gasteiger partial charge in [-0.15, -0.1) is 0 Å². The van der Waals surface area contributed by atoms with Crippen molar-refractivity contribution >= 4 is 23.2 Å². The molecule has 0 spiro atoms. The number of nitrogens with one attached hydrogen (secondary N) is 2. The van der Waals surface area contributed by atoms with Crippen LogP contribution in [0.15, 0.2) is 47.6 Å². The summed E-state index contributed by atoms with van der Waals surface area (Å²) in [4.78, 5) is 24.5. The lowest BCUT2D eigenvalue weighted by atomic mass is 10.0. The van der Waals surface area contributed by atoms with E-state index < -0.39 is 0 Å². The van der Waals surface area contributed by atoms with Gasteiger partial charge in [0.15, 0.2) is 11.5 Å². The fraction of sp³-hybridized carbons (Fsp3) is 0.318. The monoisotopic (exact) mass is 395 g/mol. The average molecular weight is 395 g/mol. The lowest BCUT2D eigenvalue weighted by Gasteiger charge is -2.13. The van der Waals surface area contributed by atoms with Gasteiger partial charge in [0.05, 0.1) is 5.71 Å². The number of anilines is 1. The molecule has 2 amide bonds. The van der Waals surface area contributed by atoms with Gasteiger partial charge < -0.3 is 14.8 Å². The van der Waals surface area contributed by atoms with Gasteiger partial charge in [-0.2, -0.15) is 5.10 Å². The van der Waals surface area contributed by atoms with Crippen LogP contribution in [0.4, 0.5) is 5.69 Å². The second-order valence-electron chi connectivity index (χ2n) is 6.79. The summed E-state index contributed by atoms with van der Waals surface area (Å²) in [6.45, 7) is 5.98. The van der Waals surface area contributed by atoms with Crippen LogP contribution in [-0.2, 0) is 4.79 Å². The molecular formula is C22H25N3O4. The van der Waals surface area contributed by atoms with Crippen LogP contribution in [0.1, 0.15) is 49.5 Å². The molecule has 152 valence electrons. The molecule has 0 atom stereocenters. The van der Waals surface area contributed by atoms with Crippen LogP contribution in [-0.4, -0.2) is 24.3 Å². The Labute approximate surface area is 170 Å². The minimum absolute atomic E-state index is 0.0179. The number of carbonyl (C=O) groups is 2. The fourth-order valence-corrected chi connectivity index (χ4v) is 3.00. The number of nitrogens with zero attached hydrogens (tertiary/aromatic N) is 1. The highest BCUT2D eigenvalue weighted by Gasteiger charge is 2.16. The maximum atomic E-state index is 12.3. The Balaban J connectivity index is 1.61. The van der Waals surface area contributed by atoms with Crippen molar-refractivity contribution in [1.29, 1.82) is 0 Å². The summed E-state index contributed by atoms with van der Waals surface area (Å²) >= 11 is 0. The number of carbonyl (C=O) groups excluding carboxylic acids is 2. The van der Waals surface area contributed by atoms with E-state index in [0.29, 0.717) is 22.8 Å². The van der Waals surface area contributed by atoms with Gasteiger partial charge in [-0.25, -0.2) is 5.43 Å². The van der Waals surface area contributed by atoms with Crippen molar-refractivity contribution in [2.45, 2.75) is 33.6 Å². The van der Waals surface area contributed by atoms with Crippen LogP contribution in [0.25, 0.3) is 0 Å². The molecule has 1 heterocycles. The number of hydrogen-bond acceptors (Lipinski definition) is 5. The van der Waals surface area contributed by atoms with Gasteiger partial charge in [0.2, 0.25) is 12.7 Å². The number of fused-ring (bicyclic) bond motifs is 1. The lowest BCUT2D eigenvalue weighted by molar-refractivity contribution is -0.120. The molecular weight excluding hydrogens is 370 g/mol. The van der Waals surface area contributed by atoms with Crippen LogP contribution in [0, 0.1) is 5.92 Å². The fourth-order valence-electron chi connectivity index (χ4n) is 3.00. The first kappa shape index (κ1) is 20.4. The second kappa shape index (κ2) is 9.23. The van der Waals surface area contributed by atoms with Gasteiger partial charge in [0, 0.05) is 17.2 Å². The largest absolute Gasteiger partial charge is 0.454 e. The zero-order valence-corrected chi connectivity index (χ0v) is 16.8. The Kier molecular flexibility index (Phi) is 6.49. The summed E-state index contributed by atoms with van der Waals surface area (Å²) in [7, 11) is 0. The average Bonchev–Trinajstić information content (AvgIpc) is 3.21. The molecule has 0 saturated carbocycles. The summed E-state index contributed by atoms with van der Waals surface area (Å²) < 4.78 is 10.5. The third kappa shape index (κ3) is 4.93. The SMILES string of the molecule is CCC(CC)C(=O)Nc1ccc(/C(C)=N/NC(=O)c2ccc3c(c2)OCO3)cc1. The quantitative estimate of drug-likeness (QED) is 0.549. The number of rotatable bonds is 7. The zero-order chi connectivity index (χ0) is 20.8. The number of amides is 2. The number of hydrogen-bond donors (Lipinski definition) is 2. The summed E-state index contributed by atoms with van der Waals surface area (Å²) in [5.41, 5.74) is 5.22. The van der Waals surface area contributed by atoms with Crippen molar-refractivity contribution in [3.05, 3.63) is 53.6 Å². The Morgan fingerprint density at radius 1 is 1.00 bits per heavy atom. The lowest BCUT2D eigenvalue weighted by Crippen LogP contribution is -2.21. The normalized spacial score (nSPS) is 12.8.